The number of anilines is 2. The Morgan fingerprint density at radius 1 is 1.04 bits per heavy atom. The molecule has 0 radical (unpaired) electrons. The number of hydrogen-bond acceptors (Lipinski definition) is 2. The second kappa shape index (κ2) is 6.52. The minimum Gasteiger partial charge on any atom is -0.326 e. The Labute approximate surface area is 135 Å². The highest BCUT2D eigenvalue weighted by molar-refractivity contribution is 6.01. The van der Waals surface area contributed by atoms with Gasteiger partial charge in [0.05, 0.1) is 0 Å². The van der Waals surface area contributed by atoms with Crippen molar-refractivity contribution in [3.63, 3.8) is 0 Å². The number of fused-ring (bicyclic) bond motifs is 1. The molecule has 3 amide bonds. The average molecular weight is 309 g/mol. The second-order valence-electron chi connectivity index (χ2n) is 5.55. The molecule has 0 aliphatic carbocycles. The fourth-order valence-corrected chi connectivity index (χ4v) is 2.75. The first-order valence-corrected chi connectivity index (χ1v) is 7.67. The zero-order chi connectivity index (χ0) is 16.2. The molecule has 0 spiro atoms. The maximum atomic E-state index is 12.6. The fraction of sp³-hybridized carbons (Fsp3) is 0.222. The first-order chi connectivity index (χ1) is 11.1. The third-order valence-corrected chi connectivity index (χ3v) is 3.90. The molecule has 1 heterocycles. The molecule has 2 N–H and O–H groups in total. The van der Waals surface area contributed by atoms with Crippen molar-refractivity contribution in [1.82, 2.24) is 5.32 Å². The maximum absolute atomic E-state index is 12.6. The van der Waals surface area contributed by atoms with Crippen LogP contribution in [0.4, 0.5) is 16.2 Å². The van der Waals surface area contributed by atoms with Crippen LogP contribution in [0.25, 0.3) is 0 Å². The van der Waals surface area contributed by atoms with E-state index in [0.717, 1.165) is 12.1 Å². The van der Waals surface area contributed by atoms with Gasteiger partial charge in [0.15, 0.2) is 0 Å². The van der Waals surface area contributed by atoms with Crippen molar-refractivity contribution in [3.05, 3.63) is 60.2 Å². The Hall–Kier alpha value is -2.82. The first-order valence-electron chi connectivity index (χ1n) is 7.67. The van der Waals surface area contributed by atoms with Crippen molar-refractivity contribution in [2.24, 2.45) is 0 Å². The summed E-state index contributed by atoms with van der Waals surface area (Å²) < 4.78 is 0. The van der Waals surface area contributed by atoms with Crippen LogP contribution in [-0.4, -0.2) is 24.5 Å². The fourth-order valence-electron chi connectivity index (χ4n) is 2.75. The van der Waals surface area contributed by atoms with E-state index in [1.165, 1.54) is 5.56 Å². The molecule has 0 fully saturated rings. The van der Waals surface area contributed by atoms with Crippen molar-refractivity contribution >= 4 is 23.3 Å². The molecule has 1 aliphatic heterocycles. The largest absolute Gasteiger partial charge is 0.326 e. The molecule has 5 heteroatoms. The minimum absolute atomic E-state index is 0.0989. The summed E-state index contributed by atoms with van der Waals surface area (Å²) in [7, 11) is 0. The summed E-state index contributed by atoms with van der Waals surface area (Å²) in [6.45, 7) is 2.36. The van der Waals surface area contributed by atoms with Crippen molar-refractivity contribution in [2.45, 2.75) is 19.4 Å². The van der Waals surface area contributed by atoms with E-state index in [9.17, 15) is 9.59 Å². The van der Waals surface area contributed by atoms with Crippen LogP contribution in [0.15, 0.2) is 54.6 Å². The molecule has 0 unspecified atom stereocenters. The number of urea groups is 1. The third-order valence-electron chi connectivity index (χ3n) is 3.90. The van der Waals surface area contributed by atoms with Gasteiger partial charge in [-0.25, -0.2) is 4.79 Å². The lowest BCUT2D eigenvalue weighted by molar-refractivity contribution is -0.119. The molecule has 5 nitrogen and oxygen atoms in total. The van der Waals surface area contributed by atoms with Gasteiger partial charge in [-0.15, -0.1) is 0 Å². The Morgan fingerprint density at radius 2 is 1.74 bits per heavy atom. The van der Waals surface area contributed by atoms with Gasteiger partial charge < -0.3 is 15.5 Å². The molecule has 0 saturated carbocycles. The number of carbonyl (C=O) groups excluding carboxylic acids is 2. The van der Waals surface area contributed by atoms with E-state index < -0.39 is 6.04 Å². The van der Waals surface area contributed by atoms with Gasteiger partial charge in [-0.1, -0.05) is 36.4 Å². The molecule has 0 aromatic heterocycles. The van der Waals surface area contributed by atoms with Crippen molar-refractivity contribution in [1.29, 1.82) is 0 Å². The molecule has 118 valence electrons. The number of rotatable bonds is 3. The average Bonchev–Trinajstić information content (AvgIpc) is 2.99. The SMILES string of the molecule is C[C@@H](NC(=O)Nc1ccccc1)C(=O)N1CCc2ccccc21. The maximum Gasteiger partial charge on any atom is 0.319 e. The van der Waals surface area contributed by atoms with Gasteiger partial charge in [0.2, 0.25) is 5.91 Å². The summed E-state index contributed by atoms with van der Waals surface area (Å²) in [5.74, 6) is -0.0989. The van der Waals surface area contributed by atoms with E-state index in [0.29, 0.717) is 12.2 Å². The number of nitrogens with zero attached hydrogens (tertiary/aromatic N) is 1. The van der Waals surface area contributed by atoms with E-state index in [-0.39, 0.29) is 11.9 Å². The molecule has 1 aliphatic rings. The molecule has 3 rings (SSSR count). The van der Waals surface area contributed by atoms with Gasteiger partial charge in [-0.05, 0) is 37.1 Å². The van der Waals surface area contributed by atoms with Crippen molar-refractivity contribution in [3.8, 4) is 0 Å². The molecular weight excluding hydrogens is 290 g/mol. The normalized spacial score (nSPS) is 14.0. The molecule has 23 heavy (non-hydrogen) atoms. The summed E-state index contributed by atoms with van der Waals surface area (Å²) in [5.41, 5.74) is 2.80. The number of carbonyl (C=O) groups is 2. The van der Waals surface area contributed by atoms with Gasteiger partial charge in [0.25, 0.3) is 0 Å². The van der Waals surface area contributed by atoms with E-state index in [2.05, 4.69) is 10.6 Å². The number of para-hydroxylation sites is 2. The molecule has 1 atom stereocenters. The molecule has 0 saturated heterocycles. The third kappa shape index (κ3) is 3.34. The van der Waals surface area contributed by atoms with Crippen LogP contribution < -0.4 is 15.5 Å². The van der Waals surface area contributed by atoms with Crippen LogP contribution >= 0.6 is 0 Å². The number of amides is 3. The molecule has 2 aromatic carbocycles. The second-order valence-corrected chi connectivity index (χ2v) is 5.55. The van der Waals surface area contributed by atoms with Gasteiger partial charge in [-0.3, -0.25) is 4.79 Å². The van der Waals surface area contributed by atoms with E-state index in [1.54, 1.807) is 24.0 Å². The monoisotopic (exact) mass is 309 g/mol. The van der Waals surface area contributed by atoms with Crippen LogP contribution in [0.2, 0.25) is 0 Å². The predicted molar refractivity (Wildman–Crippen MR) is 90.6 cm³/mol. The van der Waals surface area contributed by atoms with Crippen molar-refractivity contribution < 1.29 is 9.59 Å². The van der Waals surface area contributed by atoms with Crippen LogP contribution in [0.5, 0.6) is 0 Å². The van der Waals surface area contributed by atoms with Gasteiger partial charge >= 0.3 is 6.03 Å². The quantitative estimate of drug-likeness (QED) is 0.916. The summed E-state index contributed by atoms with van der Waals surface area (Å²) >= 11 is 0. The Morgan fingerprint density at radius 3 is 2.52 bits per heavy atom. The lowest BCUT2D eigenvalue weighted by Crippen LogP contribution is -2.47. The summed E-state index contributed by atoms with van der Waals surface area (Å²) in [5, 5.41) is 5.41. The summed E-state index contributed by atoms with van der Waals surface area (Å²) in [6, 6.07) is 16.0. The lowest BCUT2D eigenvalue weighted by Gasteiger charge is -2.22. The summed E-state index contributed by atoms with van der Waals surface area (Å²) in [6.07, 6.45) is 0.852. The minimum atomic E-state index is -0.593. The predicted octanol–water partition coefficient (Wildman–Crippen LogP) is 2.79. The van der Waals surface area contributed by atoms with Gasteiger partial charge in [-0.2, -0.15) is 0 Å². The standard InChI is InChI=1S/C18H19N3O2/c1-13(19-18(23)20-15-8-3-2-4-9-15)17(22)21-12-11-14-7-5-6-10-16(14)21/h2-10,13H,11-12H2,1H3,(H2,19,20,23)/t13-/m1/s1. The number of nitrogens with one attached hydrogen (secondary N) is 2. The van der Waals surface area contributed by atoms with Crippen LogP contribution in [-0.2, 0) is 11.2 Å². The highest BCUT2D eigenvalue weighted by Crippen LogP contribution is 2.27. The van der Waals surface area contributed by atoms with E-state index >= 15 is 0 Å². The number of benzene rings is 2. The number of hydrogen-bond donors (Lipinski definition) is 2. The Bertz CT molecular complexity index is 715. The van der Waals surface area contributed by atoms with E-state index in [4.69, 9.17) is 0 Å². The molecule has 2 aromatic rings. The smallest absolute Gasteiger partial charge is 0.319 e. The van der Waals surface area contributed by atoms with E-state index in [1.807, 2.05) is 42.5 Å². The summed E-state index contributed by atoms with van der Waals surface area (Å²) in [4.78, 5) is 26.3. The highest BCUT2D eigenvalue weighted by Gasteiger charge is 2.28. The lowest BCUT2D eigenvalue weighted by atomic mass is 10.2. The van der Waals surface area contributed by atoms with Gasteiger partial charge in [0.1, 0.15) is 6.04 Å². The van der Waals surface area contributed by atoms with Crippen LogP contribution in [0.1, 0.15) is 12.5 Å². The first kappa shape index (κ1) is 15.1. The molecular formula is C18H19N3O2. The Balaban J connectivity index is 1.61. The topological polar surface area (TPSA) is 61.4 Å². The van der Waals surface area contributed by atoms with Crippen LogP contribution in [0.3, 0.4) is 0 Å². The van der Waals surface area contributed by atoms with Crippen molar-refractivity contribution in [2.75, 3.05) is 16.8 Å². The Kier molecular flexibility index (Phi) is 4.28. The zero-order valence-corrected chi connectivity index (χ0v) is 13.0. The van der Waals surface area contributed by atoms with Crippen LogP contribution in [0, 0.1) is 0 Å². The highest BCUT2D eigenvalue weighted by atomic mass is 16.2. The molecule has 0 bridgehead atoms. The zero-order valence-electron chi connectivity index (χ0n) is 13.0. The van der Waals surface area contributed by atoms with Gasteiger partial charge in [0, 0.05) is 17.9 Å².